The van der Waals surface area contributed by atoms with Crippen molar-refractivity contribution in [3.8, 4) is 17.0 Å². The van der Waals surface area contributed by atoms with Crippen molar-refractivity contribution in [1.29, 1.82) is 0 Å². The summed E-state index contributed by atoms with van der Waals surface area (Å²) in [5.74, 6) is -0.0834. The zero-order valence-electron chi connectivity index (χ0n) is 17.1. The van der Waals surface area contributed by atoms with E-state index in [4.69, 9.17) is 14.5 Å². The first-order valence-electron chi connectivity index (χ1n) is 10.1. The Morgan fingerprint density at radius 3 is 2.47 bits per heavy atom. The van der Waals surface area contributed by atoms with Crippen LogP contribution >= 0.6 is 0 Å². The summed E-state index contributed by atoms with van der Waals surface area (Å²) >= 11 is 0. The van der Waals surface area contributed by atoms with Crippen LogP contribution < -0.4 is 4.74 Å². The standard InChI is InChI=1S/C24H24N2O4/c1-16(23(27)26-12-6-7-13-26)30-24(28)20-15-22(17-8-4-3-5-9-17)25-21-11-10-18(29-2)14-19(20)21/h3-5,8-11,14-16H,6-7,12-13H2,1-2H3/t16-/m1/s1. The molecule has 1 saturated heterocycles. The van der Waals surface area contributed by atoms with E-state index in [-0.39, 0.29) is 5.91 Å². The predicted octanol–water partition coefficient (Wildman–Crippen LogP) is 4.08. The number of ether oxygens (including phenoxy) is 2. The Labute approximate surface area is 175 Å². The summed E-state index contributed by atoms with van der Waals surface area (Å²) in [6.45, 7) is 3.06. The number of carbonyl (C=O) groups is 2. The molecule has 1 amide bonds. The molecule has 0 bridgehead atoms. The molecule has 6 heteroatoms. The molecule has 4 rings (SSSR count). The summed E-state index contributed by atoms with van der Waals surface area (Å²) in [7, 11) is 1.57. The minimum Gasteiger partial charge on any atom is -0.497 e. The van der Waals surface area contributed by atoms with Gasteiger partial charge in [-0.25, -0.2) is 9.78 Å². The number of likely N-dealkylation sites (tertiary alicyclic amines) is 1. The number of fused-ring (bicyclic) bond motifs is 1. The van der Waals surface area contributed by atoms with Gasteiger partial charge in [-0.15, -0.1) is 0 Å². The van der Waals surface area contributed by atoms with Crippen LogP contribution in [0.3, 0.4) is 0 Å². The molecule has 0 N–H and O–H groups in total. The maximum absolute atomic E-state index is 13.1. The maximum atomic E-state index is 13.1. The first kappa shape index (κ1) is 19.9. The van der Waals surface area contributed by atoms with E-state index in [1.807, 2.05) is 36.4 Å². The number of rotatable bonds is 5. The molecule has 0 aliphatic carbocycles. The molecule has 30 heavy (non-hydrogen) atoms. The Hall–Kier alpha value is -3.41. The number of benzene rings is 2. The molecule has 0 radical (unpaired) electrons. The Balaban J connectivity index is 1.71. The van der Waals surface area contributed by atoms with Crippen LogP contribution in [-0.4, -0.2) is 48.1 Å². The quantitative estimate of drug-likeness (QED) is 0.600. The van der Waals surface area contributed by atoms with Gasteiger partial charge >= 0.3 is 5.97 Å². The van der Waals surface area contributed by atoms with Gasteiger partial charge in [-0.05, 0) is 44.0 Å². The van der Waals surface area contributed by atoms with Gasteiger partial charge in [0, 0.05) is 24.0 Å². The highest BCUT2D eigenvalue weighted by atomic mass is 16.5. The van der Waals surface area contributed by atoms with E-state index < -0.39 is 12.1 Å². The Morgan fingerprint density at radius 2 is 1.77 bits per heavy atom. The Bertz CT molecular complexity index is 1080. The van der Waals surface area contributed by atoms with E-state index in [9.17, 15) is 9.59 Å². The lowest BCUT2D eigenvalue weighted by Crippen LogP contribution is -2.38. The molecule has 1 aliphatic heterocycles. The second-order valence-corrected chi connectivity index (χ2v) is 7.38. The zero-order valence-corrected chi connectivity index (χ0v) is 17.1. The molecule has 0 spiro atoms. The van der Waals surface area contributed by atoms with Crippen LogP contribution in [0, 0.1) is 0 Å². The molecule has 154 valence electrons. The number of aromatic nitrogens is 1. The van der Waals surface area contributed by atoms with E-state index in [1.165, 1.54) is 0 Å². The highest BCUT2D eigenvalue weighted by Crippen LogP contribution is 2.28. The Morgan fingerprint density at radius 1 is 1.03 bits per heavy atom. The number of carbonyl (C=O) groups excluding carboxylic acids is 2. The summed E-state index contributed by atoms with van der Waals surface area (Å²) in [6.07, 6.45) is 1.13. The Kier molecular flexibility index (Phi) is 5.65. The summed E-state index contributed by atoms with van der Waals surface area (Å²) in [6, 6.07) is 16.7. The van der Waals surface area contributed by atoms with E-state index in [0.717, 1.165) is 18.4 Å². The van der Waals surface area contributed by atoms with Gasteiger partial charge in [-0.1, -0.05) is 30.3 Å². The highest BCUT2D eigenvalue weighted by molar-refractivity contribution is 6.05. The molecular weight excluding hydrogens is 380 g/mol. The smallest absolute Gasteiger partial charge is 0.339 e. The van der Waals surface area contributed by atoms with Gasteiger partial charge in [0.05, 0.1) is 23.9 Å². The third-order valence-corrected chi connectivity index (χ3v) is 5.35. The van der Waals surface area contributed by atoms with Crippen LogP contribution in [0.15, 0.2) is 54.6 Å². The summed E-state index contributed by atoms with van der Waals surface area (Å²) in [4.78, 5) is 32.1. The van der Waals surface area contributed by atoms with Crippen molar-refractivity contribution < 1.29 is 19.1 Å². The topological polar surface area (TPSA) is 68.7 Å². The number of methoxy groups -OCH3 is 1. The van der Waals surface area contributed by atoms with Crippen LogP contribution in [0.2, 0.25) is 0 Å². The van der Waals surface area contributed by atoms with Crippen LogP contribution in [-0.2, 0) is 9.53 Å². The normalized spacial score (nSPS) is 14.5. The van der Waals surface area contributed by atoms with E-state index >= 15 is 0 Å². The number of amides is 1. The third-order valence-electron chi connectivity index (χ3n) is 5.35. The first-order valence-corrected chi connectivity index (χ1v) is 10.1. The molecule has 2 aromatic carbocycles. The molecule has 1 atom stereocenters. The minimum atomic E-state index is -0.843. The van der Waals surface area contributed by atoms with E-state index in [2.05, 4.69) is 0 Å². The van der Waals surface area contributed by atoms with Crippen LogP contribution in [0.25, 0.3) is 22.2 Å². The van der Waals surface area contributed by atoms with Gasteiger partial charge < -0.3 is 14.4 Å². The SMILES string of the molecule is COc1ccc2nc(-c3ccccc3)cc(C(=O)O[C@H](C)C(=O)N3CCCC3)c2c1. The molecular formula is C24H24N2O4. The van der Waals surface area contributed by atoms with Gasteiger partial charge in [0.1, 0.15) is 5.75 Å². The lowest BCUT2D eigenvalue weighted by atomic mass is 10.0. The van der Waals surface area contributed by atoms with Crippen molar-refractivity contribution in [2.75, 3.05) is 20.2 Å². The van der Waals surface area contributed by atoms with Crippen molar-refractivity contribution in [3.63, 3.8) is 0 Å². The van der Waals surface area contributed by atoms with Gasteiger partial charge in [0.25, 0.3) is 5.91 Å². The maximum Gasteiger partial charge on any atom is 0.339 e. The first-order chi connectivity index (χ1) is 14.6. The predicted molar refractivity (Wildman–Crippen MR) is 114 cm³/mol. The molecule has 6 nitrogen and oxygen atoms in total. The molecule has 1 aliphatic rings. The lowest BCUT2D eigenvalue weighted by Gasteiger charge is -2.20. The molecule has 0 saturated carbocycles. The number of esters is 1. The van der Waals surface area contributed by atoms with Gasteiger partial charge in [0.2, 0.25) is 0 Å². The van der Waals surface area contributed by atoms with E-state index in [0.29, 0.717) is 41.0 Å². The molecule has 1 aromatic heterocycles. The van der Waals surface area contributed by atoms with Gasteiger partial charge in [0.15, 0.2) is 6.10 Å². The van der Waals surface area contributed by atoms with Gasteiger partial charge in [-0.3, -0.25) is 4.79 Å². The van der Waals surface area contributed by atoms with Crippen LogP contribution in [0.4, 0.5) is 0 Å². The number of hydrogen-bond acceptors (Lipinski definition) is 5. The molecule has 1 fully saturated rings. The summed E-state index contributed by atoms with van der Waals surface area (Å²) in [5.41, 5.74) is 2.57. The summed E-state index contributed by atoms with van der Waals surface area (Å²) in [5, 5.41) is 0.625. The second-order valence-electron chi connectivity index (χ2n) is 7.38. The van der Waals surface area contributed by atoms with Crippen molar-refractivity contribution in [1.82, 2.24) is 9.88 Å². The average molecular weight is 404 g/mol. The number of pyridine rings is 1. The van der Waals surface area contributed by atoms with Crippen LogP contribution in [0.1, 0.15) is 30.1 Å². The molecule has 0 unspecified atom stereocenters. The van der Waals surface area contributed by atoms with Crippen molar-refractivity contribution >= 4 is 22.8 Å². The monoisotopic (exact) mass is 404 g/mol. The van der Waals surface area contributed by atoms with Crippen LogP contribution in [0.5, 0.6) is 5.75 Å². The van der Waals surface area contributed by atoms with Crippen molar-refractivity contribution in [2.45, 2.75) is 25.9 Å². The molecule has 3 aromatic rings. The molecule has 2 heterocycles. The zero-order chi connectivity index (χ0) is 21.1. The lowest BCUT2D eigenvalue weighted by molar-refractivity contribution is -0.138. The fraction of sp³-hybridized carbons (Fsp3) is 0.292. The fourth-order valence-electron chi connectivity index (χ4n) is 3.73. The number of nitrogens with zero attached hydrogens (tertiary/aromatic N) is 2. The summed E-state index contributed by atoms with van der Waals surface area (Å²) < 4.78 is 10.9. The fourth-order valence-corrected chi connectivity index (χ4v) is 3.73. The van der Waals surface area contributed by atoms with Crippen molar-refractivity contribution in [2.24, 2.45) is 0 Å². The largest absolute Gasteiger partial charge is 0.497 e. The van der Waals surface area contributed by atoms with Crippen molar-refractivity contribution in [3.05, 3.63) is 60.2 Å². The average Bonchev–Trinajstić information content (AvgIpc) is 3.32. The highest BCUT2D eigenvalue weighted by Gasteiger charge is 2.27. The third kappa shape index (κ3) is 3.99. The van der Waals surface area contributed by atoms with E-state index in [1.54, 1.807) is 37.1 Å². The van der Waals surface area contributed by atoms with Gasteiger partial charge in [-0.2, -0.15) is 0 Å². The minimum absolute atomic E-state index is 0.153. The number of hydrogen-bond donors (Lipinski definition) is 0. The second kappa shape index (κ2) is 8.53.